The molecule has 1 aliphatic heterocycles. The Morgan fingerprint density at radius 3 is 2.94 bits per heavy atom. The van der Waals surface area contributed by atoms with Gasteiger partial charge in [-0.1, -0.05) is 11.6 Å². The minimum absolute atomic E-state index is 0.0912. The molecular weight excluding hydrogens is 246 g/mol. The second-order valence-electron chi connectivity index (χ2n) is 3.60. The van der Waals surface area contributed by atoms with Crippen LogP contribution in [0.4, 0.5) is 0 Å². The molecule has 0 aromatic heterocycles. The fourth-order valence-corrected chi connectivity index (χ4v) is 1.87. The Morgan fingerprint density at radius 1 is 1.41 bits per heavy atom. The predicted octanol–water partition coefficient (Wildman–Crippen LogP) is 1.29. The quantitative estimate of drug-likeness (QED) is 0.851. The summed E-state index contributed by atoms with van der Waals surface area (Å²) in [6.45, 7) is 1.31. The number of hydrogen-bond acceptors (Lipinski definition) is 4. The average Bonchev–Trinajstić information content (AvgIpc) is 2.28. The summed E-state index contributed by atoms with van der Waals surface area (Å²) in [5.74, 6) is 0.268. The Bertz CT molecular complexity index is 436. The first-order valence-corrected chi connectivity index (χ1v) is 5.55. The third kappa shape index (κ3) is 3.01. The molecule has 0 atom stereocenters. The van der Waals surface area contributed by atoms with Crippen molar-refractivity contribution in [3.63, 3.8) is 0 Å². The van der Waals surface area contributed by atoms with Crippen LogP contribution in [0.2, 0.25) is 5.02 Å². The Morgan fingerprint density at radius 2 is 2.18 bits per heavy atom. The molecule has 0 aliphatic carbocycles. The average molecular weight is 258 g/mol. The summed E-state index contributed by atoms with van der Waals surface area (Å²) in [5.41, 5.74) is 0.862. The molecule has 6 heteroatoms. The number of carbonyl (C=O) groups is 1. The van der Waals surface area contributed by atoms with E-state index in [1.165, 1.54) is 0 Å². The number of fused-ring (bicyclic) bond motifs is 1. The maximum atomic E-state index is 10.4. The Balaban J connectivity index is 2.08. The topological polar surface area (TPSA) is 67.8 Å². The first-order chi connectivity index (χ1) is 8.16. The van der Waals surface area contributed by atoms with Crippen molar-refractivity contribution in [1.82, 2.24) is 5.32 Å². The molecule has 2 rings (SSSR count). The molecular formula is C11H12ClNO4. The zero-order valence-electron chi connectivity index (χ0n) is 9.03. The molecule has 92 valence electrons. The summed E-state index contributed by atoms with van der Waals surface area (Å²) in [6, 6.07) is 3.54. The zero-order chi connectivity index (χ0) is 12.3. The van der Waals surface area contributed by atoms with Gasteiger partial charge in [-0.25, -0.2) is 0 Å². The van der Waals surface area contributed by atoms with E-state index in [1.807, 2.05) is 0 Å². The number of rotatable bonds is 4. The van der Waals surface area contributed by atoms with Gasteiger partial charge in [-0.05, 0) is 17.7 Å². The number of aliphatic carboxylic acids is 1. The Labute approximate surface area is 103 Å². The molecule has 1 aromatic carbocycles. The first-order valence-electron chi connectivity index (χ1n) is 5.17. The highest BCUT2D eigenvalue weighted by atomic mass is 35.5. The lowest BCUT2D eigenvalue weighted by atomic mass is 10.2. The van der Waals surface area contributed by atoms with Crippen molar-refractivity contribution >= 4 is 17.6 Å². The van der Waals surface area contributed by atoms with E-state index in [1.54, 1.807) is 12.1 Å². The Kier molecular flexibility index (Phi) is 3.71. The molecule has 17 heavy (non-hydrogen) atoms. The molecule has 0 spiro atoms. The maximum absolute atomic E-state index is 10.4. The molecule has 0 unspecified atom stereocenters. The number of ether oxygens (including phenoxy) is 2. The maximum Gasteiger partial charge on any atom is 0.317 e. The van der Waals surface area contributed by atoms with E-state index < -0.39 is 5.97 Å². The fourth-order valence-electron chi connectivity index (χ4n) is 1.58. The van der Waals surface area contributed by atoms with Crippen molar-refractivity contribution in [3.8, 4) is 11.5 Å². The monoisotopic (exact) mass is 257 g/mol. The van der Waals surface area contributed by atoms with Gasteiger partial charge in [0.1, 0.15) is 13.2 Å². The van der Waals surface area contributed by atoms with E-state index >= 15 is 0 Å². The van der Waals surface area contributed by atoms with E-state index in [0.717, 1.165) is 5.56 Å². The SMILES string of the molecule is O=C(O)CNCc1cc(Cl)c2c(c1)OCCO2. The standard InChI is InChI=1S/C11H12ClNO4/c12-8-3-7(5-13-6-10(14)15)4-9-11(8)17-2-1-16-9/h3-4,13H,1-2,5-6H2,(H,14,15). The molecule has 0 amide bonds. The van der Waals surface area contributed by atoms with Crippen LogP contribution in [-0.2, 0) is 11.3 Å². The highest BCUT2D eigenvalue weighted by Gasteiger charge is 2.16. The smallest absolute Gasteiger partial charge is 0.317 e. The molecule has 1 heterocycles. The van der Waals surface area contributed by atoms with Crippen molar-refractivity contribution < 1.29 is 19.4 Å². The first kappa shape index (κ1) is 12.0. The molecule has 1 aromatic rings. The fraction of sp³-hybridized carbons (Fsp3) is 0.364. The van der Waals surface area contributed by atoms with Gasteiger partial charge in [0.05, 0.1) is 11.6 Å². The summed E-state index contributed by atoms with van der Waals surface area (Å²) in [4.78, 5) is 10.4. The number of halogens is 1. The van der Waals surface area contributed by atoms with Crippen LogP contribution in [0.3, 0.4) is 0 Å². The van der Waals surface area contributed by atoms with Crippen LogP contribution in [0.5, 0.6) is 11.5 Å². The minimum Gasteiger partial charge on any atom is -0.486 e. The second kappa shape index (κ2) is 5.25. The van der Waals surface area contributed by atoms with E-state index in [2.05, 4.69) is 5.32 Å². The number of carboxylic acid groups (broad SMARTS) is 1. The van der Waals surface area contributed by atoms with Crippen LogP contribution in [0.25, 0.3) is 0 Å². The highest BCUT2D eigenvalue weighted by Crippen LogP contribution is 2.38. The molecule has 0 saturated carbocycles. The van der Waals surface area contributed by atoms with Gasteiger partial charge in [0.15, 0.2) is 11.5 Å². The van der Waals surface area contributed by atoms with Crippen LogP contribution < -0.4 is 14.8 Å². The minimum atomic E-state index is -0.895. The van der Waals surface area contributed by atoms with Crippen LogP contribution in [-0.4, -0.2) is 30.8 Å². The van der Waals surface area contributed by atoms with E-state index in [0.29, 0.717) is 36.3 Å². The van der Waals surface area contributed by atoms with E-state index in [-0.39, 0.29) is 6.54 Å². The van der Waals surface area contributed by atoms with Gasteiger partial charge in [-0.15, -0.1) is 0 Å². The summed E-state index contributed by atoms with van der Waals surface area (Å²) >= 11 is 6.04. The van der Waals surface area contributed by atoms with Gasteiger partial charge in [-0.2, -0.15) is 0 Å². The third-order valence-electron chi connectivity index (χ3n) is 2.26. The third-order valence-corrected chi connectivity index (χ3v) is 2.54. The normalized spacial score (nSPS) is 13.5. The summed E-state index contributed by atoms with van der Waals surface area (Å²) in [7, 11) is 0. The lowest BCUT2D eigenvalue weighted by Crippen LogP contribution is -2.22. The number of nitrogens with one attached hydrogen (secondary N) is 1. The van der Waals surface area contributed by atoms with Crippen molar-refractivity contribution in [2.45, 2.75) is 6.54 Å². The Hall–Kier alpha value is -1.46. The summed E-state index contributed by atoms with van der Waals surface area (Å²) in [6.07, 6.45) is 0. The van der Waals surface area contributed by atoms with Gasteiger partial charge in [-0.3, -0.25) is 4.79 Å². The molecule has 1 aliphatic rings. The van der Waals surface area contributed by atoms with Crippen molar-refractivity contribution in [2.24, 2.45) is 0 Å². The molecule has 2 N–H and O–H groups in total. The van der Waals surface area contributed by atoms with E-state index in [4.69, 9.17) is 26.2 Å². The lowest BCUT2D eigenvalue weighted by Gasteiger charge is -2.20. The molecule has 0 bridgehead atoms. The van der Waals surface area contributed by atoms with Crippen LogP contribution in [0.1, 0.15) is 5.56 Å². The van der Waals surface area contributed by atoms with Gasteiger partial charge in [0, 0.05) is 6.54 Å². The lowest BCUT2D eigenvalue weighted by molar-refractivity contribution is -0.135. The molecule has 0 radical (unpaired) electrons. The highest BCUT2D eigenvalue weighted by molar-refractivity contribution is 6.32. The van der Waals surface area contributed by atoms with E-state index in [9.17, 15) is 4.79 Å². The van der Waals surface area contributed by atoms with Crippen LogP contribution >= 0.6 is 11.6 Å². The van der Waals surface area contributed by atoms with Crippen molar-refractivity contribution in [1.29, 1.82) is 0 Å². The molecule has 0 saturated heterocycles. The van der Waals surface area contributed by atoms with Gasteiger partial charge >= 0.3 is 5.97 Å². The predicted molar refractivity (Wildman–Crippen MR) is 61.8 cm³/mol. The summed E-state index contributed by atoms with van der Waals surface area (Å²) in [5, 5.41) is 11.8. The van der Waals surface area contributed by atoms with Gasteiger partial charge < -0.3 is 19.9 Å². The van der Waals surface area contributed by atoms with Crippen molar-refractivity contribution in [3.05, 3.63) is 22.7 Å². The number of hydrogen-bond donors (Lipinski definition) is 2. The number of carboxylic acids is 1. The second-order valence-corrected chi connectivity index (χ2v) is 4.01. The largest absolute Gasteiger partial charge is 0.486 e. The van der Waals surface area contributed by atoms with Gasteiger partial charge in [0.2, 0.25) is 0 Å². The molecule has 0 fully saturated rings. The van der Waals surface area contributed by atoms with Crippen LogP contribution in [0.15, 0.2) is 12.1 Å². The van der Waals surface area contributed by atoms with Crippen molar-refractivity contribution in [2.75, 3.05) is 19.8 Å². The van der Waals surface area contributed by atoms with Gasteiger partial charge in [0.25, 0.3) is 0 Å². The number of benzene rings is 1. The van der Waals surface area contributed by atoms with Crippen LogP contribution in [0, 0.1) is 0 Å². The summed E-state index contributed by atoms with van der Waals surface area (Å²) < 4.78 is 10.8. The molecule has 5 nitrogen and oxygen atoms in total. The zero-order valence-corrected chi connectivity index (χ0v) is 9.79.